The highest BCUT2D eigenvalue weighted by Gasteiger charge is 2.19. The quantitative estimate of drug-likeness (QED) is 0.268. The van der Waals surface area contributed by atoms with Crippen LogP contribution in [0, 0.1) is 23.7 Å². The van der Waals surface area contributed by atoms with Crippen LogP contribution in [0.5, 0.6) is 0 Å². The Balaban J connectivity index is 1.47. The van der Waals surface area contributed by atoms with Gasteiger partial charge in [-0.25, -0.2) is 0 Å². The van der Waals surface area contributed by atoms with E-state index in [9.17, 15) is 0 Å². The summed E-state index contributed by atoms with van der Waals surface area (Å²) >= 11 is 0. The maximum absolute atomic E-state index is 3.57. The first-order chi connectivity index (χ1) is 15.3. The summed E-state index contributed by atoms with van der Waals surface area (Å²) in [4.78, 5) is 0. The molecule has 1 saturated carbocycles. The molecule has 0 nitrogen and oxygen atoms in total. The van der Waals surface area contributed by atoms with Crippen molar-refractivity contribution >= 4 is 0 Å². The van der Waals surface area contributed by atoms with Crippen LogP contribution in [0.25, 0.3) is 11.1 Å². The first-order valence-electron chi connectivity index (χ1n) is 13.0. The number of benzene rings is 2. The van der Waals surface area contributed by atoms with E-state index in [0.29, 0.717) is 5.92 Å². The van der Waals surface area contributed by atoms with E-state index < -0.39 is 0 Å². The second kappa shape index (κ2) is 13.4. The van der Waals surface area contributed by atoms with E-state index in [4.69, 9.17) is 0 Å². The molecule has 2 aromatic rings. The molecule has 0 bridgehead atoms. The number of hydrogen-bond acceptors (Lipinski definition) is 0. The molecule has 0 heteroatoms. The Morgan fingerprint density at radius 1 is 0.677 bits per heavy atom. The van der Waals surface area contributed by atoms with Gasteiger partial charge >= 0.3 is 0 Å². The van der Waals surface area contributed by atoms with Gasteiger partial charge in [-0.05, 0) is 73.3 Å². The van der Waals surface area contributed by atoms with Crippen LogP contribution in [0.3, 0.4) is 0 Å². The second-order valence-corrected chi connectivity index (χ2v) is 9.57. The molecule has 0 N–H and O–H groups in total. The monoisotopic (exact) mass is 414 g/mol. The molecule has 31 heavy (non-hydrogen) atoms. The molecule has 0 atom stereocenters. The average Bonchev–Trinajstić information content (AvgIpc) is 2.82. The largest absolute Gasteiger partial charge is 0.0945 e. The zero-order chi connectivity index (χ0) is 21.7. The van der Waals surface area contributed by atoms with Crippen molar-refractivity contribution in [2.45, 2.75) is 97.3 Å². The predicted octanol–water partition coefficient (Wildman–Crippen LogP) is 9.21. The van der Waals surface area contributed by atoms with Crippen molar-refractivity contribution in [3.05, 3.63) is 59.7 Å². The first-order valence-corrected chi connectivity index (χ1v) is 13.0. The van der Waals surface area contributed by atoms with Gasteiger partial charge < -0.3 is 0 Å². The number of hydrogen-bond donors (Lipinski definition) is 0. The van der Waals surface area contributed by atoms with Crippen LogP contribution in [-0.2, 0) is 6.42 Å². The smallest absolute Gasteiger partial charge is 0.0245 e. The summed E-state index contributed by atoms with van der Waals surface area (Å²) < 4.78 is 0. The Morgan fingerprint density at radius 3 is 1.94 bits per heavy atom. The Hall–Kier alpha value is -2.00. The maximum atomic E-state index is 3.57. The summed E-state index contributed by atoms with van der Waals surface area (Å²) in [6.45, 7) is 4.57. The van der Waals surface area contributed by atoms with E-state index in [-0.39, 0.29) is 0 Å². The summed E-state index contributed by atoms with van der Waals surface area (Å²) in [6, 6.07) is 18.0. The van der Waals surface area contributed by atoms with Crippen LogP contribution in [0.4, 0.5) is 0 Å². The molecule has 0 spiro atoms. The number of rotatable bonds is 10. The lowest BCUT2D eigenvalue weighted by molar-refractivity contribution is 0.294. The van der Waals surface area contributed by atoms with E-state index >= 15 is 0 Å². The van der Waals surface area contributed by atoms with Crippen LogP contribution in [-0.4, -0.2) is 0 Å². The van der Waals surface area contributed by atoms with E-state index in [1.54, 1.807) is 0 Å². The lowest BCUT2D eigenvalue weighted by atomic mass is 9.80. The molecule has 166 valence electrons. The van der Waals surface area contributed by atoms with Gasteiger partial charge in [0.1, 0.15) is 0 Å². The van der Waals surface area contributed by atoms with Gasteiger partial charge in [0.05, 0.1) is 0 Å². The van der Waals surface area contributed by atoms with Gasteiger partial charge in [0.25, 0.3) is 0 Å². The first kappa shape index (κ1) is 23.7. The molecule has 3 rings (SSSR count). The molecule has 1 aliphatic rings. The van der Waals surface area contributed by atoms with Crippen molar-refractivity contribution in [2.24, 2.45) is 11.8 Å². The van der Waals surface area contributed by atoms with E-state index in [0.717, 1.165) is 11.5 Å². The summed E-state index contributed by atoms with van der Waals surface area (Å²) in [5, 5.41) is 0. The molecule has 0 saturated heterocycles. The van der Waals surface area contributed by atoms with Gasteiger partial charge in [0.15, 0.2) is 0 Å². The van der Waals surface area contributed by atoms with E-state index in [1.807, 2.05) is 0 Å². The fourth-order valence-corrected chi connectivity index (χ4v) is 4.83. The van der Waals surface area contributed by atoms with Gasteiger partial charge in [-0.15, -0.1) is 0 Å². The second-order valence-electron chi connectivity index (χ2n) is 9.57. The fourth-order valence-electron chi connectivity index (χ4n) is 4.83. The lowest BCUT2D eigenvalue weighted by Crippen LogP contribution is -2.13. The lowest BCUT2D eigenvalue weighted by Gasteiger charge is -2.25. The zero-order valence-corrected chi connectivity index (χ0v) is 20.0. The van der Waals surface area contributed by atoms with Crippen molar-refractivity contribution in [1.82, 2.24) is 0 Å². The summed E-state index contributed by atoms with van der Waals surface area (Å²) in [6.07, 6.45) is 17.5. The molecule has 1 fully saturated rings. The van der Waals surface area contributed by atoms with Crippen molar-refractivity contribution < 1.29 is 0 Å². The van der Waals surface area contributed by atoms with Crippen LogP contribution >= 0.6 is 0 Å². The zero-order valence-electron chi connectivity index (χ0n) is 20.0. The van der Waals surface area contributed by atoms with Gasteiger partial charge in [0.2, 0.25) is 0 Å². The van der Waals surface area contributed by atoms with Gasteiger partial charge in [0, 0.05) is 11.5 Å². The SMILES string of the molecule is CCCCCCc1ccc(-c2ccc(C#C[C@H]3CC[C@H](CCCCC)CC3)cc2)cc1. The molecule has 0 unspecified atom stereocenters. The van der Waals surface area contributed by atoms with Crippen LogP contribution in [0.15, 0.2) is 48.5 Å². The third-order valence-electron chi connectivity index (χ3n) is 6.97. The normalized spacial score (nSPS) is 18.4. The number of unbranched alkanes of at least 4 members (excludes halogenated alkanes) is 5. The van der Waals surface area contributed by atoms with Crippen LogP contribution in [0.1, 0.15) is 102 Å². The van der Waals surface area contributed by atoms with Gasteiger partial charge in [-0.1, -0.05) is 107 Å². The minimum atomic E-state index is 0.604. The van der Waals surface area contributed by atoms with Gasteiger partial charge in [-0.3, -0.25) is 0 Å². The summed E-state index contributed by atoms with van der Waals surface area (Å²) in [5.74, 6) is 8.59. The van der Waals surface area contributed by atoms with E-state index in [1.165, 1.54) is 100 Å². The van der Waals surface area contributed by atoms with Crippen molar-refractivity contribution in [3.63, 3.8) is 0 Å². The number of aryl methyl sites for hydroxylation is 1. The molecular formula is C31H42. The van der Waals surface area contributed by atoms with Crippen molar-refractivity contribution in [2.75, 3.05) is 0 Å². The average molecular weight is 415 g/mol. The molecule has 0 heterocycles. The Morgan fingerprint density at radius 2 is 1.29 bits per heavy atom. The third-order valence-corrected chi connectivity index (χ3v) is 6.97. The molecule has 2 aromatic carbocycles. The van der Waals surface area contributed by atoms with Crippen LogP contribution < -0.4 is 0 Å². The highest BCUT2D eigenvalue weighted by Crippen LogP contribution is 2.31. The van der Waals surface area contributed by atoms with E-state index in [2.05, 4.69) is 74.2 Å². The minimum Gasteiger partial charge on any atom is -0.0945 e. The predicted molar refractivity (Wildman–Crippen MR) is 136 cm³/mol. The Labute approximate surface area is 191 Å². The van der Waals surface area contributed by atoms with Crippen molar-refractivity contribution in [1.29, 1.82) is 0 Å². The summed E-state index contributed by atoms with van der Waals surface area (Å²) in [5.41, 5.74) is 5.21. The molecule has 1 aliphatic carbocycles. The highest BCUT2D eigenvalue weighted by atomic mass is 14.2. The Kier molecular flexibility index (Phi) is 10.2. The molecule has 0 aromatic heterocycles. The van der Waals surface area contributed by atoms with Gasteiger partial charge in [-0.2, -0.15) is 0 Å². The Bertz CT molecular complexity index is 792. The molecule has 0 aliphatic heterocycles. The van der Waals surface area contributed by atoms with Crippen LogP contribution in [0.2, 0.25) is 0 Å². The maximum Gasteiger partial charge on any atom is 0.0245 e. The van der Waals surface area contributed by atoms with Crippen molar-refractivity contribution in [3.8, 4) is 23.0 Å². The third kappa shape index (κ3) is 8.22. The molecular weight excluding hydrogens is 372 g/mol. The fraction of sp³-hybridized carbons (Fsp3) is 0.548. The topological polar surface area (TPSA) is 0 Å². The molecule has 0 amide bonds. The summed E-state index contributed by atoms with van der Waals surface area (Å²) in [7, 11) is 0. The highest BCUT2D eigenvalue weighted by molar-refractivity contribution is 5.64. The standard InChI is InChI=1S/C31H42/c1-3-5-7-9-11-27-18-22-30(23-19-27)31-24-20-29(21-25-31)17-16-28-14-12-26(13-15-28)10-8-6-4-2/h18-26,28H,3-15H2,1-2H3/t26-,28-. The molecule has 0 radical (unpaired) electrons. The minimum absolute atomic E-state index is 0.604.